The maximum absolute atomic E-state index is 11.4. The van der Waals surface area contributed by atoms with E-state index in [1.807, 2.05) is 0 Å². The molecule has 2 N–H and O–H groups in total. The van der Waals surface area contributed by atoms with E-state index in [1.54, 1.807) is 30.3 Å². The van der Waals surface area contributed by atoms with Crippen LogP contribution >= 0.6 is 0 Å². The van der Waals surface area contributed by atoms with Gasteiger partial charge in [-0.15, -0.1) is 0 Å². The highest BCUT2D eigenvalue weighted by atomic mass is 32.2. The Morgan fingerprint density at radius 1 is 1.25 bits per heavy atom. The molecule has 0 amide bonds. The molecule has 0 saturated heterocycles. The molecule has 0 radical (unpaired) electrons. The summed E-state index contributed by atoms with van der Waals surface area (Å²) in [4.78, 5) is 0. The van der Waals surface area contributed by atoms with E-state index in [4.69, 9.17) is 10.2 Å². The van der Waals surface area contributed by atoms with E-state index >= 15 is 0 Å². The van der Waals surface area contributed by atoms with Gasteiger partial charge in [0.1, 0.15) is 11.9 Å². The lowest BCUT2D eigenvalue weighted by Gasteiger charge is -2.14. The average molecular weight is 246 g/mol. The number of benzene rings is 1. The second-order valence-corrected chi connectivity index (χ2v) is 5.01. The van der Waals surface area contributed by atoms with Gasteiger partial charge in [0, 0.05) is 0 Å². The quantitative estimate of drug-likeness (QED) is 0.574. The Hall–Kier alpha value is -0.950. The van der Waals surface area contributed by atoms with E-state index in [-0.39, 0.29) is 5.75 Å². The zero-order chi connectivity index (χ0) is 12.2. The molecular weight excluding hydrogens is 232 g/mol. The zero-order valence-electron chi connectivity index (χ0n) is 8.78. The summed E-state index contributed by atoms with van der Waals surface area (Å²) < 4.78 is 27.2. The summed E-state index contributed by atoms with van der Waals surface area (Å²) in [6, 6.07) is 8.44. The lowest BCUT2D eigenvalue weighted by molar-refractivity contribution is -0.0923. The number of hydrogen-bond donors (Lipinski definition) is 2. The second-order valence-electron chi connectivity index (χ2n) is 3.42. The molecule has 0 heterocycles. The molecule has 0 fully saturated rings. The molecule has 1 aromatic rings. The van der Waals surface area contributed by atoms with Crippen molar-refractivity contribution in [1.82, 2.24) is 0 Å². The molecule has 6 heteroatoms. The van der Waals surface area contributed by atoms with Crippen molar-refractivity contribution >= 4 is 10.1 Å². The molecule has 1 aromatic carbocycles. The van der Waals surface area contributed by atoms with E-state index in [2.05, 4.69) is 4.18 Å². The van der Waals surface area contributed by atoms with Crippen molar-refractivity contribution in [3.05, 3.63) is 35.9 Å². The van der Waals surface area contributed by atoms with Gasteiger partial charge in [-0.05, 0) is 12.5 Å². The summed E-state index contributed by atoms with van der Waals surface area (Å²) in [6.45, 7) is 1.24. The molecule has 2 atom stereocenters. The molecule has 0 saturated carbocycles. The monoisotopic (exact) mass is 246 g/mol. The van der Waals surface area contributed by atoms with Crippen LogP contribution in [-0.2, 0) is 20.1 Å². The molecule has 0 aliphatic heterocycles. The Bertz CT molecular complexity index is 412. The van der Waals surface area contributed by atoms with Crippen LogP contribution in [0.4, 0.5) is 0 Å². The topological polar surface area (TPSA) is 83.8 Å². The molecule has 16 heavy (non-hydrogen) atoms. The van der Waals surface area contributed by atoms with E-state index < -0.39 is 22.5 Å². The third-order valence-electron chi connectivity index (χ3n) is 1.84. The van der Waals surface area contributed by atoms with E-state index in [0.29, 0.717) is 5.56 Å². The molecule has 0 aliphatic carbocycles. The van der Waals surface area contributed by atoms with Crippen LogP contribution in [0.15, 0.2) is 30.3 Å². The van der Waals surface area contributed by atoms with Crippen molar-refractivity contribution in [1.29, 1.82) is 0 Å². The van der Waals surface area contributed by atoms with E-state index in [1.165, 1.54) is 6.92 Å². The SMILES string of the molecule is CC(O)[C@H](O)OS(=O)(=O)Cc1ccccc1. The maximum atomic E-state index is 11.4. The second kappa shape index (κ2) is 5.40. The molecule has 1 unspecified atom stereocenters. The van der Waals surface area contributed by atoms with Gasteiger partial charge in [-0.1, -0.05) is 30.3 Å². The zero-order valence-corrected chi connectivity index (χ0v) is 9.59. The fourth-order valence-electron chi connectivity index (χ4n) is 1.04. The molecule has 0 spiro atoms. The minimum atomic E-state index is -3.89. The lowest BCUT2D eigenvalue weighted by Crippen LogP contribution is -2.29. The first-order valence-electron chi connectivity index (χ1n) is 4.72. The van der Waals surface area contributed by atoms with Gasteiger partial charge in [-0.3, -0.25) is 0 Å². The first-order chi connectivity index (χ1) is 7.41. The Morgan fingerprint density at radius 3 is 2.31 bits per heavy atom. The number of aliphatic hydroxyl groups is 2. The van der Waals surface area contributed by atoms with Gasteiger partial charge in [-0.2, -0.15) is 8.42 Å². The Morgan fingerprint density at radius 2 is 1.81 bits per heavy atom. The van der Waals surface area contributed by atoms with Crippen LogP contribution in [-0.4, -0.2) is 31.0 Å². The molecule has 5 nitrogen and oxygen atoms in total. The highest BCUT2D eigenvalue weighted by Gasteiger charge is 2.21. The van der Waals surface area contributed by atoms with E-state index in [9.17, 15) is 8.42 Å². The summed E-state index contributed by atoms with van der Waals surface area (Å²) in [5, 5.41) is 18.0. The van der Waals surface area contributed by atoms with Gasteiger partial charge in [0.05, 0.1) is 0 Å². The molecule has 0 aliphatic rings. The van der Waals surface area contributed by atoms with Crippen LogP contribution in [0.5, 0.6) is 0 Å². The van der Waals surface area contributed by atoms with Crippen molar-refractivity contribution < 1.29 is 22.8 Å². The van der Waals surface area contributed by atoms with Gasteiger partial charge in [-0.25, -0.2) is 4.18 Å². The predicted molar refractivity (Wildman–Crippen MR) is 57.8 cm³/mol. The Balaban J connectivity index is 2.66. The fraction of sp³-hybridized carbons (Fsp3) is 0.400. The summed E-state index contributed by atoms with van der Waals surface area (Å²) in [7, 11) is -3.89. The summed E-state index contributed by atoms with van der Waals surface area (Å²) in [6.07, 6.45) is -2.99. The van der Waals surface area contributed by atoms with Crippen LogP contribution in [0.1, 0.15) is 12.5 Å². The van der Waals surface area contributed by atoms with Crippen LogP contribution in [0.2, 0.25) is 0 Å². The minimum absolute atomic E-state index is 0.336. The number of rotatable bonds is 5. The molecule has 1 rings (SSSR count). The third-order valence-corrected chi connectivity index (χ3v) is 3.02. The van der Waals surface area contributed by atoms with Crippen LogP contribution in [0.3, 0.4) is 0 Å². The Labute approximate surface area is 94.4 Å². The molecular formula is C10H14O5S. The van der Waals surface area contributed by atoms with Crippen molar-refractivity contribution in [2.45, 2.75) is 25.1 Å². The first kappa shape index (κ1) is 13.1. The van der Waals surface area contributed by atoms with Crippen molar-refractivity contribution in [3.63, 3.8) is 0 Å². The van der Waals surface area contributed by atoms with Crippen molar-refractivity contribution in [3.8, 4) is 0 Å². The van der Waals surface area contributed by atoms with Gasteiger partial charge in [0.25, 0.3) is 10.1 Å². The average Bonchev–Trinajstić information content (AvgIpc) is 2.17. The molecule has 0 bridgehead atoms. The highest BCUT2D eigenvalue weighted by Crippen LogP contribution is 2.10. The third kappa shape index (κ3) is 4.28. The molecule has 90 valence electrons. The summed E-state index contributed by atoms with van der Waals surface area (Å²) >= 11 is 0. The number of hydrogen-bond acceptors (Lipinski definition) is 5. The molecule has 0 aromatic heterocycles. The Kier molecular flexibility index (Phi) is 4.43. The smallest absolute Gasteiger partial charge is 0.274 e. The van der Waals surface area contributed by atoms with Crippen molar-refractivity contribution in [2.75, 3.05) is 0 Å². The van der Waals surface area contributed by atoms with Crippen LogP contribution in [0, 0.1) is 0 Å². The normalized spacial score (nSPS) is 15.7. The maximum Gasteiger partial charge on any atom is 0.274 e. The summed E-state index contributed by atoms with van der Waals surface area (Å²) in [5.74, 6) is -0.336. The lowest BCUT2D eigenvalue weighted by atomic mass is 10.2. The van der Waals surface area contributed by atoms with Gasteiger partial charge in [0.2, 0.25) is 0 Å². The summed E-state index contributed by atoms with van der Waals surface area (Å²) in [5.41, 5.74) is 0.556. The van der Waals surface area contributed by atoms with Gasteiger partial charge >= 0.3 is 0 Å². The van der Waals surface area contributed by atoms with E-state index in [0.717, 1.165) is 0 Å². The van der Waals surface area contributed by atoms with Crippen LogP contribution < -0.4 is 0 Å². The standard InChI is InChI=1S/C10H14O5S/c1-8(11)10(12)15-16(13,14)7-9-5-3-2-4-6-9/h2-6,8,10-12H,7H2,1H3/t8?,10-/m1/s1. The minimum Gasteiger partial charge on any atom is -0.388 e. The van der Waals surface area contributed by atoms with Crippen LogP contribution in [0.25, 0.3) is 0 Å². The van der Waals surface area contributed by atoms with Gasteiger partial charge < -0.3 is 10.2 Å². The van der Waals surface area contributed by atoms with Crippen molar-refractivity contribution in [2.24, 2.45) is 0 Å². The van der Waals surface area contributed by atoms with Gasteiger partial charge in [0.15, 0.2) is 6.29 Å². The largest absolute Gasteiger partial charge is 0.388 e. The highest BCUT2D eigenvalue weighted by molar-refractivity contribution is 7.85. The predicted octanol–water partition coefficient (Wildman–Crippen LogP) is 0.232. The number of aliphatic hydroxyl groups excluding tert-OH is 2. The fourth-order valence-corrected chi connectivity index (χ4v) is 2.17. The first-order valence-corrected chi connectivity index (χ1v) is 6.29.